The Balaban J connectivity index is 1.66. The topological polar surface area (TPSA) is 26.8 Å². The molecule has 0 aliphatic carbocycles. The minimum Gasteiger partial charge on any atom is -0.378 e. The summed E-state index contributed by atoms with van der Waals surface area (Å²) in [4.78, 5) is 6.94. The molecule has 5 heteroatoms. The second kappa shape index (κ2) is 12.2. The van der Waals surface area contributed by atoms with E-state index in [0.29, 0.717) is 0 Å². The molecule has 0 unspecified atom stereocenters. The summed E-state index contributed by atoms with van der Waals surface area (Å²) >= 11 is 0. The first-order valence-corrected chi connectivity index (χ1v) is 12.8. The molecule has 1 heterocycles. The van der Waals surface area contributed by atoms with Crippen molar-refractivity contribution in [2.24, 2.45) is 0 Å². The second-order valence-corrected chi connectivity index (χ2v) is 9.72. The maximum absolute atomic E-state index is 10.4. The van der Waals surface area contributed by atoms with E-state index in [0.717, 1.165) is 25.8 Å². The fraction of sp³-hybridized carbons (Fsp3) is 0.519. The van der Waals surface area contributed by atoms with Crippen LogP contribution in [0.1, 0.15) is 62.5 Å². The third kappa shape index (κ3) is 6.44. The van der Waals surface area contributed by atoms with Crippen LogP contribution in [0.2, 0.25) is 0 Å². The standard InChI is InChI=1S/C27H38N3OP/c1-28(2)24-15-13-22-19-23-14-16-25(29(3)4)21-27(23)30(26(22)20-24)17-11-9-7-5-6-8-10-12-18-32-31/h13-16,20-21H,5-12,17,19H2,1-4H3. The minimum atomic E-state index is 0.0531. The Morgan fingerprint density at radius 3 is 1.78 bits per heavy atom. The summed E-state index contributed by atoms with van der Waals surface area (Å²) in [6.07, 6.45) is 10.5. The van der Waals surface area contributed by atoms with Gasteiger partial charge in [0.1, 0.15) is 0 Å². The molecule has 4 nitrogen and oxygen atoms in total. The maximum atomic E-state index is 10.4. The molecular formula is C27H38N3OP. The molecule has 0 bridgehead atoms. The van der Waals surface area contributed by atoms with Crippen LogP contribution in [0.15, 0.2) is 36.4 Å². The molecule has 0 aromatic heterocycles. The van der Waals surface area contributed by atoms with Crippen LogP contribution in [-0.4, -0.2) is 34.7 Å². The van der Waals surface area contributed by atoms with E-state index in [9.17, 15) is 4.57 Å². The van der Waals surface area contributed by atoms with Gasteiger partial charge in [-0.3, -0.25) is 0 Å². The van der Waals surface area contributed by atoms with E-state index in [4.69, 9.17) is 0 Å². The number of hydrogen-bond donors (Lipinski definition) is 0. The van der Waals surface area contributed by atoms with E-state index < -0.39 is 0 Å². The molecule has 32 heavy (non-hydrogen) atoms. The Morgan fingerprint density at radius 1 is 0.781 bits per heavy atom. The first-order chi connectivity index (χ1) is 15.5. The van der Waals surface area contributed by atoms with Crippen molar-refractivity contribution < 1.29 is 4.57 Å². The molecule has 0 N–H and O–H groups in total. The van der Waals surface area contributed by atoms with Crippen molar-refractivity contribution >= 4 is 30.7 Å². The Hall–Kier alpha value is -2.15. The third-order valence-electron chi connectivity index (χ3n) is 6.37. The molecule has 0 amide bonds. The van der Waals surface area contributed by atoms with Crippen LogP contribution in [0.4, 0.5) is 22.7 Å². The molecule has 1 aliphatic rings. The number of fused-ring (bicyclic) bond motifs is 2. The number of benzene rings is 2. The second-order valence-electron chi connectivity index (χ2n) is 9.22. The van der Waals surface area contributed by atoms with Gasteiger partial charge < -0.3 is 9.80 Å². The minimum absolute atomic E-state index is 0.0531. The van der Waals surface area contributed by atoms with Gasteiger partial charge in [-0.15, -0.1) is 0 Å². The van der Waals surface area contributed by atoms with Gasteiger partial charge in [0.15, 0.2) is 0 Å². The van der Waals surface area contributed by atoms with Crippen molar-refractivity contribution in [3.8, 4) is 5.63 Å². The summed E-state index contributed by atoms with van der Waals surface area (Å²) in [5, 5.41) is 0. The first-order valence-electron chi connectivity index (χ1n) is 11.9. The summed E-state index contributed by atoms with van der Waals surface area (Å²) in [6, 6.07) is 13.8. The van der Waals surface area contributed by atoms with Crippen molar-refractivity contribution in [1.29, 1.82) is 0 Å². The zero-order chi connectivity index (χ0) is 22.9. The van der Waals surface area contributed by atoms with Crippen LogP contribution in [0.5, 0.6) is 0 Å². The van der Waals surface area contributed by atoms with Crippen molar-refractivity contribution in [2.75, 3.05) is 49.4 Å². The average Bonchev–Trinajstić information content (AvgIpc) is 2.78. The van der Waals surface area contributed by atoms with Gasteiger partial charge in [0, 0.05) is 46.0 Å². The van der Waals surface area contributed by atoms with Crippen LogP contribution in [0.3, 0.4) is 0 Å². The van der Waals surface area contributed by atoms with E-state index in [-0.39, 0.29) is 7.92 Å². The quantitative estimate of drug-likeness (QED) is 0.266. The average molecular weight is 452 g/mol. The summed E-state index contributed by atoms with van der Waals surface area (Å²) in [6.45, 7) is 1.06. The summed E-state index contributed by atoms with van der Waals surface area (Å²) in [5.74, 6) is 0. The van der Waals surface area contributed by atoms with Gasteiger partial charge in [0.25, 0.3) is 0 Å². The normalized spacial score (nSPS) is 12.1. The molecule has 0 saturated carbocycles. The molecule has 0 fully saturated rings. The van der Waals surface area contributed by atoms with Gasteiger partial charge >= 0.3 is 92.3 Å². The fourth-order valence-corrected chi connectivity index (χ4v) is 4.69. The molecule has 2 aromatic carbocycles. The van der Waals surface area contributed by atoms with Crippen molar-refractivity contribution in [2.45, 2.75) is 57.8 Å². The van der Waals surface area contributed by atoms with Gasteiger partial charge in [0.2, 0.25) is 0 Å². The van der Waals surface area contributed by atoms with Gasteiger partial charge in [-0.05, 0) is 35.4 Å². The SMILES string of the molecule is CN(C)c1ccc2c(c1)N(CCCCCCCCCC#P=O)c1cc(N(C)C)ccc1C2. The molecular weight excluding hydrogens is 413 g/mol. The Bertz CT molecular complexity index is 939. The number of unbranched alkanes of at least 4 members (excludes halogenated alkanes) is 7. The van der Waals surface area contributed by atoms with Crippen LogP contribution in [0.25, 0.3) is 0 Å². The predicted octanol–water partition coefficient (Wildman–Crippen LogP) is 7.23. The molecule has 0 spiro atoms. The summed E-state index contributed by atoms with van der Waals surface area (Å²) in [7, 11) is 8.51. The van der Waals surface area contributed by atoms with E-state index in [1.165, 1.54) is 72.4 Å². The monoisotopic (exact) mass is 451 g/mol. The molecule has 0 radical (unpaired) electrons. The smallest absolute Gasteiger partial charge is 0.378 e. The summed E-state index contributed by atoms with van der Waals surface area (Å²) in [5.41, 5.74) is 10.9. The molecule has 0 saturated heterocycles. The molecule has 2 aromatic rings. The molecule has 172 valence electrons. The molecule has 3 rings (SSSR count). The number of rotatable bonds is 11. The fourth-order valence-electron chi connectivity index (χ4n) is 4.44. The number of hydrogen-bond acceptors (Lipinski definition) is 4. The number of nitrogens with zero attached hydrogens (tertiary/aromatic N) is 3. The van der Waals surface area contributed by atoms with E-state index in [2.05, 4.69) is 84.9 Å². The van der Waals surface area contributed by atoms with Gasteiger partial charge in [-0.1, -0.05) is 12.1 Å². The first kappa shape index (κ1) is 24.5. The van der Waals surface area contributed by atoms with Crippen molar-refractivity contribution in [1.82, 2.24) is 0 Å². The van der Waals surface area contributed by atoms with E-state index in [1.54, 1.807) is 0 Å². The predicted molar refractivity (Wildman–Crippen MR) is 140 cm³/mol. The summed E-state index contributed by atoms with van der Waals surface area (Å²) < 4.78 is 10.4. The van der Waals surface area contributed by atoms with Crippen LogP contribution >= 0.6 is 7.92 Å². The van der Waals surface area contributed by atoms with Crippen LogP contribution in [0, 0.1) is 5.63 Å². The van der Waals surface area contributed by atoms with E-state index >= 15 is 0 Å². The van der Waals surface area contributed by atoms with E-state index in [1.807, 2.05) is 0 Å². The molecule has 0 atom stereocenters. The van der Waals surface area contributed by atoms with Crippen LogP contribution < -0.4 is 14.7 Å². The van der Waals surface area contributed by atoms with Gasteiger partial charge in [0.05, 0.1) is 0 Å². The van der Waals surface area contributed by atoms with Crippen LogP contribution in [-0.2, 0) is 11.0 Å². The Kier molecular flexibility index (Phi) is 9.33. The Labute approximate surface area is 195 Å². The third-order valence-corrected chi connectivity index (χ3v) is 6.72. The Morgan fingerprint density at radius 2 is 1.28 bits per heavy atom. The van der Waals surface area contributed by atoms with Gasteiger partial charge in [-0.25, -0.2) is 0 Å². The zero-order valence-electron chi connectivity index (χ0n) is 20.2. The number of anilines is 4. The molecule has 1 aliphatic heterocycles. The van der Waals surface area contributed by atoms with Crippen molar-refractivity contribution in [3.05, 3.63) is 47.5 Å². The zero-order valence-corrected chi connectivity index (χ0v) is 21.1. The van der Waals surface area contributed by atoms with Crippen molar-refractivity contribution in [3.63, 3.8) is 0 Å². The van der Waals surface area contributed by atoms with Gasteiger partial charge in [-0.2, -0.15) is 0 Å².